The minimum absolute atomic E-state index is 0.0710. The highest BCUT2D eigenvalue weighted by Gasteiger charge is 2.25. The van der Waals surface area contributed by atoms with Crippen molar-refractivity contribution < 1.29 is 14.3 Å². The normalized spacial score (nSPS) is 20.2. The zero-order chi connectivity index (χ0) is 20.2. The van der Waals surface area contributed by atoms with E-state index < -0.39 is 0 Å². The first-order valence-corrected chi connectivity index (χ1v) is 10.5. The molecule has 7 nitrogen and oxygen atoms in total. The monoisotopic (exact) mass is 398 g/mol. The SMILES string of the molecule is Cc1ccc(-n2cc(C)cn2)c(NC(=O)N2CCC(OC[C@H]3CCCO3)CC2)c1. The number of carbonyl (C=O) groups is 1. The molecule has 1 atom stereocenters. The maximum atomic E-state index is 12.9. The van der Waals surface area contributed by atoms with Crippen LogP contribution in [0.4, 0.5) is 10.5 Å². The molecule has 156 valence electrons. The summed E-state index contributed by atoms with van der Waals surface area (Å²) in [7, 11) is 0. The number of hydrogen-bond acceptors (Lipinski definition) is 4. The third kappa shape index (κ3) is 4.97. The Morgan fingerprint density at radius 1 is 1.24 bits per heavy atom. The molecule has 2 aromatic rings. The lowest BCUT2D eigenvalue weighted by atomic mass is 10.1. The Kier molecular flexibility index (Phi) is 6.16. The summed E-state index contributed by atoms with van der Waals surface area (Å²) in [6.07, 6.45) is 8.18. The molecule has 2 amide bonds. The van der Waals surface area contributed by atoms with Crippen LogP contribution in [0.25, 0.3) is 5.69 Å². The molecular formula is C22H30N4O3. The third-order valence-electron chi connectivity index (χ3n) is 5.62. The van der Waals surface area contributed by atoms with Crippen LogP contribution in [0.5, 0.6) is 0 Å². The Balaban J connectivity index is 1.33. The summed E-state index contributed by atoms with van der Waals surface area (Å²) in [4.78, 5) is 14.7. The van der Waals surface area contributed by atoms with Crippen molar-refractivity contribution >= 4 is 11.7 Å². The van der Waals surface area contributed by atoms with Crippen LogP contribution < -0.4 is 5.32 Å². The van der Waals surface area contributed by atoms with Crippen LogP contribution in [0.15, 0.2) is 30.6 Å². The fourth-order valence-corrected chi connectivity index (χ4v) is 3.93. The van der Waals surface area contributed by atoms with Crippen LogP contribution in [0, 0.1) is 13.8 Å². The number of hydrogen-bond donors (Lipinski definition) is 1. The first kappa shape index (κ1) is 19.9. The predicted molar refractivity (Wildman–Crippen MR) is 112 cm³/mol. The van der Waals surface area contributed by atoms with Crippen molar-refractivity contribution in [2.45, 2.75) is 51.7 Å². The molecule has 0 radical (unpaired) electrons. The zero-order valence-electron chi connectivity index (χ0n) is 17.3. The number of nitrogens with one attached hydrogen (secondary N) is 1. The summed E-state index contributed by atoms with van der Waals surface area (Å²) >= 11 is 0. The van der Waals surface area contributed by atoms with E-state index in [9.17, 15) is 4.79 Å². The van der Waals surface area contributed by atoms with E-state index in [4.69, 9.17) is 9.47 Å². The van der Waals surface area contributed by atoms with E-state index in [1.807, 2.05) is 49.3 Å². The van der Waals surface area contributed by atoms with Crippen LogP contribution in [0.1, 0.15) is 36.8 Å². The van der Waals surface area contributed by atoms with Gasteiger partial charge in [-0.05, 0) is 62.8 Å². The van der Waals surface area contributed by atoms with Crippen LogP contribution in [-0.4, -0.2) is 59.2 Å². The van der Waals surface area contributed by atoms with Crippen LogP contribution in [0.3, 0.4) is 0 Å². The number of rotatable bonds is 5. The Morgan fingerprint density at radius 2 is 2.07 bits per heavy atom. The van der Waals surface area contributed by atoms with Crippen molar-refractivity contribution in [3.8, 4) is 5.69 Å². The molecule has 1 N–H and O–H groups in total. The molecule has 0 spiro atoms. The molecule has 3 heterocycles. The molecule has 1 aromatic heterocycles. The lowest BCUT2D eigenvalue weighted by molar-refractivity contribution is -0.0377. The average molecular weight is 399 g/mol. The second-order valence-corrected chi connectivity index (χ2v) is 8.07. The van der Waals surface area contributed by atoms with Gasteiger partial charge in [-0.2, -0.15) is 5.10 Å². The summed E-state index contributed by atoms with van der Waals surface area (Å²) in [5.74, 6) is 0. The minimum Gasteiger partial charge on any atom is -0.376 e. The van der Waals surface area contributed by atoms with Crippen molar-refractivity contribution in [3.05, 3.63) is 41.7 Å². The number of likely N-dealkylation sites (tertiary alicyclic amines) is 1. The number of ether oxygens (including phenoxy) is 2. The molecule has 2 aliphatic rings. The van der Waals surface area contributed by atoms with Gasteiger partial charge in [-0.15, -0.1) is 0 Å². The second kappa shape index (κ2) is 8.97. The second-order valence-electron chi connectivity index (χ2n) is 8.07. The minimum atomic E-state index is -0.0710. The zero-order valence-corrected chi connectivity index (χ0v) is 17.3. The molecule has 7 heteroatoms. The Bertz CT molecular complexity index is 836. The van der Waals surface area contributed by atoms with E-state index in [0.29, 0.717) is 19.7 Å². The standard InChI is InChI=1S/C22H30N4O3/c1-16-5-6-21(26-14-17(2)13-23-26)20(12-16)24-22(27)25-9-7-18(8-10-25)29-15-19-4-3-11-28-19/h5-6,12-14,18-19H,3-4,7-11,15H2,1-2H3,(H,24,27)/t19-/m1/s1. The Labute approximate surface area is 172 Å². The lowest BCUT2D eigenvalue weighted by Crippen LogP contribution is -2.43. The molecule has 0 unspecified atom stereocenters. The number of piperidine rings is 1. The van der Waals surface area contributed by atoms with E-state index in [-0.39, 0.29) is 18.2 Å². The largest absolute Gasteiger partial charge is 0.376 e. The number of carbonyl (C=O) groups excluding carboxylic acids is 1. The molecule has 2 aliphatic heterocycles. The highest BCUT2D eigenvalue weighted by molar-refractivity contribution is 5.91. The van der Waals surface area contributed by atoms with Gasteiger partial charge in [0.25, 0.3) is 0 Å². The molecule has 2 fully saturated rings. The molecule has 2 saturated heterocycles. The van der Waals surface area contributed by atoms with E-state index in [2.05, 4.69) is 10.4 Å². The Hall–Kier alpha value is -2.38. The van der Waals surface area contributed by atoms with Gasteiger partial charge < -0.3 is 19.7 Å². The molecule has 0 saturated carbocycles. The lowest BCUT2D eigenvalue weighted by Gasteiger charge is -2.32. The van der Waals surface area contributed by atoms with Crippen LogP contribution >= 0.6 is 0 Å². The summed E-state index contributed by atoms with van der Waals surface area (Å²) in [6.45, 7) is 6.94. The van der Waals surface area contributed by atoms with Gasteiger partial charge in [0.2, 0.25) is 0 Å². The number of aromatic nitrogens is 2. The fraction of sp³-hybridized carbons (Fsp3) is 0.545. The maximum Gasteiger partial charge on any atom is 0.321 e. The van der Waals surface area contributed by atoms with Gasteiger partial charge in [-0.3, -0.25) is 0 Å². The van der Waals surface area contributed by atoms with E-state index in [1.54, 1.807) is 4.68 Å². The first-order valence-electron chi connectivity index (χ1n) is 10.5. The van der Waals surface area contributed by atoms with Gasteiger partial charge in [0, 0.05) is 25.9 Å². The van der Waals surface area contributed by atoms with Gasteiger partial charge in [0.05, 0.1) is 36.4 Å². The quantitative estimate of drug-likeness (QED) is 0.834. The highest BCUT2D eigenvalue weighted by atomic mass is 16.5. The smallest absolute Gasteiger partial charge is 0.321 e. The van der Waals surface area contributed by atoms with Crippen LogP contribution in [0.2, 0.25) is 0 Å². The number of urea groups is 1. The first-order chi connectivity index (χ1) is 14.1. The number of nitrogens with zero attached hydrogens (tertiary/aromatic N) is 3. The Morgan fingerprint density at radius 3 is 2.76 bits per heavy atom. The highest BCUT2D eigenvalue weighted by Crippen LogP contribution is 2.23. The van der Waals surface area contributed by atoms with Gasteiger partial charge in [-0.1, -0.05) is 6.07 Å². The number of amides is 2. The molecular weight excluding hydrogens is 368 g/mol. The van der Waals surface area contributed by atoms with E-state index >= 15 is 0 Å². The van der Waals surface area contributed by atoms with Gasteiger partial charge in [-0.25, -0.2) is 9.48 Å². The predicted octanol–water partition coefficient (Wildman–Crippen LogP) is 3.68. The summed E-state index contributed by atoms with van der Waals surface area (Å²) < 4.78 is 13.4. The van der Waals surface area contributed by atoms with Crippen molar-refractivity contribution in [2.75, 3.05) is 31.6 Å². The number of benzene rings is 1. The van der Waals surface area contributed by atoms with Crippen molar-refractivity contribution in [1.29, 1.82) is 0 Å². The molecule has 1 aromatic carbocycles. The van der Waals surface area contributed by atoms with Gasteiger partial charge in [0.15, 0.2) is 0 Å². The fourth-order valence-electron chi connectivity index (χ4n) is 3.93. The molecule has 4 rings (SSSR count). The molecule has 0 bridgehead atoms. The summed E-state index contributed by atoms with van der Waals surface area (Å²) in [5, 5.41) is 7.47. The number of anilines is 1. The molecule has 0 aliphatic carbocycles. The van der Waals surface area contributed by atoms with Gasteiger partial charge in [0.1, 0.15) is 0 Å². The molecule has 29 heavy (non-hydrogen) atoms. The van der Waals surface area contributed by atoms with Crippen molar-refractivity contribution in [3.63, 3.8) is 0 Å². The van der Waals surface area contributed by atoms with Gasteiger partial charge >= 0.3 is 6.03 Å². The summed E-state index contributed by atoms with van der Waals surface area (Å²) in [5.41, 5.74) is 3.81. The average Bonchev–Trinajstić information content (AvgIpc) is 3.39. The summed E-state index contributed by atoms with van der Waals surface area (Å²) in [6, 6.07) is 5.93. The maximum absolute atomic E-state index is 12.9. The topological polar surface area (TPSA) is 68.6 Å². The van der Waals surface area contributed by atoms with Crippen LogP contribution in [-0.2, 0) is 9.47 Å². The van der Waals surface area contributed by atoms with Crippen molar-refractivity contribution in [1.82, 2.24) is 14.7 Å². The van der Waals surface area contributed by atoms with E-state index in [1.165, 1.54) is 0 Å². The third-order valence-corrected chi connectivity index (χ3v) is 5.62. The van der Waals surface area contributed by atoms with Crippen molar-refractivity contribution in [2.24, 2.45) is 0 Å². The number of aryl methyl sites for hydroxylation is 2. The van der Waals surface area contributed by atoms with E-state index in [0.717, 1.165) is 54.8 Å².